The van der Waals surface area contributed by atoms with Crippen LogP contribution in [0.25, 0.3) is 0 Å². The molecule has 0 saturated carbocycles. The SMILES string of the molecule is O=C(N/N=C/c1ccc(OCc2ccccc2Cl)cc1)c1ccc(O)cc1. The predicted molar refractivity (Wildman–Crippen MR) is 105 cm³/mol. The van der Waals surface area contributed by atoms with Gasteiger partial charge in [0.1, 0.15) is 18.1 Å². The molecule has 0 heterocycles. The number of ether oxygens (including phenoxy) is 1. The largest absolute Gasteiger partial charge is 0.508 e. The summed E-state index contributed by atoms with van der Waals surface area (Å²) >= 11 is 6.11. The van der Waals surface area contributed by atoms with Crippen molar-refractivity contribution in [1.29, 1.82) is 0 Å². The minimum Gasteiger partial charge on any atom is -0.508 e. The average Bonchev–Trinajstić information content (AvgIpc) is 2.69. The fraction of sp³-hybridized carbons (Fsp3) is 0.0476. The van der Waals surface area contributed by atoms with Gasteiger partial charge in [0.15, 0.2) is 0 Å². The molecule has 3 aromatic carbocycles. The van der Waals surface area contributed by atoms with Crippen LogP contribution in [0.15, 0.2) is 77.9 Å². The maximum Gasteiger partial charge on any atom is 0.271 e. The highest BCUT2D eigenvalue weighted by atomic mass is 35.5. The van der Waals surface area contributed by atoms with Crippen LogP contribution in [-0.4, -0.2) is 17.2 Å². The zero-order valence-electron chi connectivity index (χ0n) is 14.3. The van der Waals surface area contributed by atoms with E-state index >= 15 is 0 Å². The van der Waals surface area contributed by atoms with E-state index in [-0.39, 0.29) is 11.7 Å². The van der Waals surface area contributed by atoms with Gasteiger partial charge in [0, 0.05) is 16.1 Å². The second kappa shape index (κ2) is 8.87. The Hall–Kier alpha value is -3.31. The molecule has 0 spiro atoms. The van der Waals surface area contributed by atoms with Crippen molar-refractivity contribution in [3.63, 3.8) is 0 Å². The fourth-order valence-corrected chi connectivity index (χ4v) is 2.46. The van der Waals surface area contributed by atoms with Gasteiger partial charge in [-0.2, -0.15) is 5.10 Å². The molecule has 0 radical (unpaired) electrons. The first-order valence-corrected chi connectivity index (χ1v) is 8.58. The molecule has 136 valence electrons. The second-order valence-electron chi connectivity index (χ2n) is 5.70. The molecule has 6 heteroatoms. The van der Waals surface area contributed by atoms with Crippen molar-refractivity contribution in [3.05, 3.63) is 94.5 Å². The number of carbonyl (C=O) groups is 1. The van der Waals surface area contributed by atoms with Gasteiger partial charge < -0.3 is 9.84 Å². The summed E-state index contributed by atoms with van der Waals surface area (Å²) in [6.45, 7) is 0.385. The molecule has 3 aromatic rings. The number of hydrogen-bond acceptors (Lipinski definition) is 4. The van der Waals surface area contributed by atoms with Crippen molar-refractivity contribution in [1.82, 2.24) is 5.43 Å². The Morgan fingerprint density at radius 2 is 1.74 bits per heavy atom. The zero-order valence-corrected chi connectivity index (χ0v) is 15.1. The van der Waals surface area contributed by atoms with Gasteiger partial charge in [-0.15, -0.1) is 0 Å². The summed E-state index contributed by atoms with van der Waals surface area (Å²) in [6, 6.07) is 20.8. The van der Waals surface area contributed by atoms with E-state index < -0.39 is 0 Å². The third-order valence-corrected chi connectivity index (χ3v) is 4.11. The van der Waals surface area contributed by atoms with E-state index in [4.69, 9.17) is 16.3 Å². The number of rotatable bonds is 6. The predicted octanol–water partition coefficient (Wildman–Crippen LogP) is 4.39. The van der Waals surface area contributed by atoms with Crippen molar-refractivity contribution < 1.29 is 14.6 Å². The minimum atomic E-state index is -0.356. The molecule has 2 N–H and O–H groups in total. The molecule has 0 bridgehead atoms. The fourth-order valence-electron chi connectivity index (χ4n) is 2.27. The molecule has 0 saturated heterocycles. The van der Waals surface area contributed by atoms with Gasteiger partial charge in [0.2, 0.25) is 0 Å². The lowest BCUT2D eigenvalue weighted by Gasteiger charge is -2.07. The molecule has 5 nitrogen and oxygen atoms in total. The van der Waals surface area contributed by atoms with Gasteiger partial charge in [-0.1, -0.05) is 29.8 Å². The number of halogens is 1. The average molecular weight is 381 g/mol. The van der Waals surface area contributed by atoms with Gasteiger partial charge in [-0.25, -0.2) is 5.43 Å². The van der Waals surface area contributed by atoms with E-state index in [0.717, 1.165) is 11.1 Å². The minimum absolute atomic E-state index is 0.104. The lowest BCUT2D eigenvalue weighted by atomic mass is 10.2. The molecule has 0 aliphatic carbocycles. The normalized spacial score (nSPS) is 10.7. The molecule has 0 fully saturated rings. The number of benzene rings is 3. The maximum atomic E-state index is 11.9. The highest BCUT2D eigenvalue weighted by molar-refractivity contribution is 6.31. The summed E-state index contributed by atoms with van der Waals surface area (Å²) in [4.78, 5) is 11.9. The number of hydrazone groups is 1. The van der Waals surface area contributed by atoms with Crippen LogP contribution in [0.4, 0.5) is 0 Å². The molecule has 0 atom stereocenters. The number of aromatic hydroxyl groups is 1. The first-order valence-electron chi connectivity index (χ1n) is 8.20. The number of amides is 1. The van der Waals surface area contributed by atoms with Crippen LogP contribution in [0.5, 0.6) is 11.5 Å². The van der Waals surface area contributed by atoms with E-state index in [1.54, 1.807) is 0 Å². The second-order valence-corrected chi connectivity index (χ2v) is 6.10. The Kier molecular flexibility index (Phi) is 6.07. The molecule has 3 rings (SSSR count). The lowest BCUT2D eigenvalue weighted by molar-refractivity contribution is 0.0955. The lowest BCUT2D eigenvalue weighted by Crippen LogP contribution is -2.17. The maximum absolute atomic E-state index is 11.9. The Morgan fingerprint density at radius 1 is 1.04 bits per heavy atom. The van der Waals surface area contributed by atoms with Gasteiger partial charge in [0.25, 0.3) is 5.91 Å². The highest BCUT2D eigenvalue weighted by Crippen LogP contribution is 2.18. The summed E-state index contributed by atoms with van der Waals surface area (Å²) in [6.07, 6.45) is 1.54. The van der Waals surface area contributed by atoms with Crippen molar-refractivity contribution in [2.45, 2.75) is 6.61 Å². The summed E-state index contributed by atoms with van der Waals surface area (Å²) in [5.74, 6) is 0.457. The first-order chi connectivity index (χ1) is 13.1. The van der Waals surface area contributed by atoms with Gasteiger partial charge in [-0.05, 0) is 60.2 Å². The number of nitrogens with one attached hydrogen (secondary N) is 1. The third kappa shape index (κ3) is 5.33. The molecule has 0 aliphatic heterocycles. The van der Waals surface area contributed by atoms with Crippen LogP contribution in [0, 0.1) is 0 Å². The Balaban J connectivity index is 1.52. The van der Waals surface area contributed by atoms with Crippen LogP contribution < -0.4 is 10.2 Å². The zero-order chi connectivity index (χ0) is 19.1. The van der Waals surface area contributed by atoms with E-state index in [0.29, 0.717) is 22.9 Å². The monoisotopic (exact) mass is 380 g/mol. The van der Waals surface area contributed by atoms with Crippen LogP contribution in [0.2, 0.25) is 5.02 Å². The van der Waals surface area contributed by atoms with E-state index in [1.807, 2.05) is 48.5 Å². The van der Waals surface area contributed by atoms with Crippen molar-refractivity contribution >= 4 is 23.7 Å². The Morgan fingerprint density at radius 3 is 2.44 bits per heavy atom. The summed E-state index contributed by atoms with van der Waals surface area (Å²) in [5, 5.41) is 13.8. The molecule has 27 heavy (non-hydrogen) atoms. The van der Waals surface area contributed by atoms with E-state index in [2.05, 4.69) is 10.5 Å². The van der Waals surface area contributed by atoms with Crippen molar-refractivity contribution in [2.75, 3.05) is 0 Å². The summed E-state index contributed by atoms with van der Waals surface area (Å²) in [7, 11) is 0. The first kappa shape index (κ1) is 18.5. The van der Waals surface area contributed by atoms with E-state index in [1.165, 1.54) is 30.5 Å². The van der Waals surface area contributed by atoms with Crippen molar-refractivity contribution in [2.24, 2.45) is 5.10 Å². The smallest absolute Gasteiger partial charge is 0.271 e. The van der Waals surface area contributed by atoms with Crippen LogP contribution in [-0.2, 0) is 6.61 Å². The highest BCUT2D eigenvalue weighted by Gasteiger charge is 2.03. The van der Waals surface area contributed by atoms with E-state index in [9.17, 15) is 9.90 Å². The molecular weight excluding hydrogens is 364 g/mol. The number of phenols is 1. The Bertz CT molecular complexity index is 938. The number of hydrogen-bond donors (Lipinski definition) is 2. The topological polar surface area (TPSA) is 70.9 Å². The third-order valence-electron chi connectivity index (χ3n) is 3.74. The number of phenolic OH excluding ortho intramolecular Hbond substituents is 1. The standard InChI is InChI=1S/C21H17ClN2O3/c22-20-4-2-1-3-17(20)14-27-19-11-5-15(6-12-19)13-23-24-21(26)16-7-9-18(25)10-8-16/h1-13,25H,14H2,(H,24,26)/b23-13+. The number of carbonyl (C=O) groups excluding carboxylic acids is 1. The van der Waals surface area contributed by atoms with Crippen molar-refractivity contribution in [3.8, 4) is 11.5 Å². The number of nitrogens with zero attached hydrogens (tertiary/aromatic N) is 1. The van der Waals surface area contributed by atoms with Gasteiger partial charge >= 0.3 is 0 Å². The summed E-state index contributed by atoms with van der Waals surface area (Å²) < 4.78 is 5.72. The van der Waals surface area contributed by atoms with Gasteiger partial charge in [0.05, 0.1) is 6.21 Å². The van der Waals surface area contributed by atoms with Crippen LogP contribution in [0.3, 0.4) is 0 Å². The summed E-state index contributed by atoms with van der Waals surface area (Å²) in [5.41, 5.74) is 4.58. The van der Waals surface area contributed by atoms with Crippen LogP contribution in [0.1, 0.15) is 21.5 Å². The van der Waals surface area contributed by atoms with Gasteiger partial charge in [-0.3, -0.25) is 4.79 Å². The molecule has 0 aromatic heterocycles. The molecule has 0 aliphatic rings. The molecule has 0 unspecified atom stereocenters. The Labute approximate surface area is 161 Å². The quantitative estimate of drug-likeness (QED) is 0.492. The molecular formula is C21H17ClN2O3. The molecule has 1 amide bonds. The van der Waals surface area contributed by atoms with Crippen LogP contribution >= 0.6 is 11.6 Å².